The van der Waals surface area contributed by atoms with Crippen LogP contribution in [-0.2, 0) is 4.74 Å². The van der Waals surface area contributed by atoms with E-state index < -0.39 is 0 Å². The molecule has 0 saturated carbocycles. The molecular formula is C13H19NOS. The molecule has 0 spiro atoms. The number of ether oxygens (including phenoxy) is 1. The largest absolute Gasteiger partial charge is 0.399 e. The van der Waals surface area contributed by atoms with E-state index in [0.717, 1.165) is 23.6 Å². The Balaban J connectivity index is 1.86. The molecule has 1 atom stereocenters. The van der Waals surface area contributed by atoms with Crippen LogP contribution in [0.4, 0.5) is 5.69 Å². The van der Waals surface area contributed by atoms with Crippen LogP contribution in [0.3, 0.4) is 0 Å². The van der Waals surface area contributed by atoms with Crippen LogP contribution in [0, 0.1) is 6.92 Å². The lowest BCUT2D eigenvalue weighted by Gasteiger charge is -2.22. The summed E-state index contributed by atoms with van der Waals surface area (Å²) in [5, 5.41) is 0. The number of nitrogens with two attached hydrogens (primary N) is 1. The van der Waals surface area contributed by atoms with Gasteiger partial charge in [0.15, 0.2) is 0 Å². The third-order valence-electron chi connectivity index (χ3n) is 2.95. The van der Waals surface area contributed by atoms with Gasteiger partial charge >= 0.3 is 0 Å². The van der Waals surface area contributed by atoms with Crippen molar-refractivity contribution < 1.29 is 4.74 Å². The van der Waals surface area contributed by atoms with Crippen LogP contribution in [0.2, 0.25) is 0 Å². The van der Waals surface area contributed by atoms with E-state index in [0.29, 0.717) is 6.10 Å². The van der Waals surface area contributed by atoms with Crippen molar-refractivity contribution in [3.63, 3.8) is 0 Å². The molecule has 1 aromatic carbocycles. The fourth-order valence-corrected chi connectivity index (χ4v) is 2.93. The summed E-state index contributed by atoms with van der Waals surface area (Å²) < 4.78 is 5.71. The lowest BCUT2D eigenvalue weighted by Crippen LogP contribution is -2.21. The minimum Gasteiger partial charge on any atom is -0.399 e. The summed E-state index contributed by atoms with van der Waals surface area (Å²) in [6, 6.07) is 6.23. The number of anilines is 1. The Morgan fingerprint density at radius 3 is 3.00 bits per heavy atom. The third kappa shape index (κ3) is 3.16. The smallest absolute Gasteiger partial charge is 0.0669 e. The van der Waals surface area contributed by atoms with E-state index >= 15 is 0 Å². The van der Waals surface area contributed by atoms with Crippen molar-refractivity contribution in [1.82, 2.24) is 0 Å². The maximum Gasteiger partial charge on any atom is 0.0669 e. The molecule has 1 unspecified atom stereocenters. The molecule has 1 fully saturated rings. The van der Waals surface area contributed by atoms with Crippen molar-refractivity contribution in [2.75, 3.05) is 18.1 Å². The Hall–Kier alpha value is -0.670. The van der Waals surface area contributed by atoms with Crippen molar-refractivity contribution in [2.45, 2.75) is 37.2 Å². The molecule has 2 nitrogen and oxygen atoms in total. The highest BCUT2D eigenvalue weighted by Crippen LogP contribution is 2.25. The van der Waals surface area contributed by atoms with Gasteiger partial charge in [0.05, 0.1) is 6.10 Å². The van der Waals surface area contributed by atoms with Crippen LogP contribution in [0.15, 0.2) is 23.1 Å². The number of aryl methyl sites for hydroxylation is 1. The summed E-state index contributed by atoms with van der Waals surface area (Å²) in [6.07, 6.45) is 4.19. The quantitative estimate of drug-likeness (QED) is 0.647. The molecule has 88 valence electrons. The molecule has 1 aromatic rings. The zero-order valence-corrected chi connectivity index (χ0v) is 10.6. The molecule has 0 aliphatic carbocycles. The molecule has 0 amide bonds. The fourth-order valence-electron chi connectivity index (χ4n) is 1.87. The minimum atomic E-state index is 0.441. The first-order chi connectivity index (χ1) is 7.75. The predicted molar refractivity (Wildman–Crippen MR) is 69.9 cm³/mol. The van der Waals surface area contributed by atoms with Gasteiger partial charge in [-0.05, 0) is 49.9 Å². The van der Waals surface area contributed by atoms with Crippen molar-refractivity contribution in [3.05, 3.63) is 23.8 Å². The average Bonchev–Trinajstić information content (AvgIpc) is 2.32. The second-order valence-electron chi connectivity index (χ2n) is 4.32. The van der Waals surface area contributed by atoms with Crippen LogP contribution in [-0.4, -0.2) is 18.5 Å². The van der Waals surface area contributed by atoms with Crippen LogP contribution in [0.5, 0.6) is 0 Å². The first-order valence-electron chi connectivity index (χ1n) is 5.86. The second-order valence-corrected chi connectivity index (χ2v) is 5.41. The normalized spacial score (nSPS) is 20.9. The van der Waals surface area contributed by atoms with Crippen molar-refractivity contribution >= 4 is 17.4 Å². The van der Waals surface area contributed by atoms with Gasteiger partial charge in [0.1, 0.15) is 0 Å². The maximum absolute atomic E-state index is 5.79. The van der Waals surface area contributed by atoms with Gasteiger partial charge in [-0.15, -0.1) is 11.8 Å². The van der Waals surface area contributed by atoms with Crippen LogP contribution in [0.25, 0.3) is 0 Å². The summed E-state index contributed by atoms with van der Waals surface area (Å²) >= 11 is 1.87. The monoisotopic (exact) mass is 237 g/mol. The van der Waals surface area contributed by atoms with Crippen molar-refractivity contribution in [1.29, 1.82) is 0 Å². The topological polar surface area (TPSA) is 35.2 Å². The highest BCUT2D eigenvalue weighted by molar-refractivity contribution is 7.99. The molecule has 0 radical (unpaired) electrons. The van der Waals surface area contributed by atoms with Gasteiger partial charge in [0, 0.05) is 22.9 Å². The molecule has 1 saturated heterocycles. The average molecular weight is 237 g/mol. The van der Waals surface area contributed by atoms with Crippen molar-refractivity contribution in [2.24, 2.45) is 0 Å². The molecule has 16 heavy (non-hydrogen) atoms. The Morgan fingerprint density at radius 2 is 2.31 bits per heavy atom. The summed E-state index contributed by atoms with van der Waals surface area (Å²) in [4.78, 5) is 1.29. The molecule has 2 N–H and O–H groups in total. The minimum absolute atomic E-state index is 0.441. The lowest BCUT2D eigenvalue weighted by molar-refractivity contribution is 0.0315. The lowest BCUT2D eigenvalue weighted by atomic mass is 10.1. The Bertz CT molecular complexity index is 348. The number of hydrogen-bond donors (Lipinski definition) is 1. The van der Waals surface area contributed by atoms with Gasteiger partial charge in [0.25, 0.3) is 0 Å². The molecule has 2 rings (SSSR count). The first kappa shape index (κ1) is 11.8. The van der Waals surface area contributed by atoms with E-state index in [4.69, 9.17) is 10.5 Å². The highest BCUT2D eigenvalue weighted by Gasteiger charge is 2.13. The molecule has 0 aromatic heterocycles. The van der Waals surface area contributed by atoms with Crippen molar-refractivity contribution in [3.8, 4) is 0 Å². The standard InChI is InChI=1S/C13H19NOS/c1-10-8-12(5-6-13(10)14)16-9-11-4-2-3-7-15-11/h5-6,8,11H,2-4,7,9,14H2,1H3. The van der Waals surface area contributed by atoms with Crippen LogP contribution < -0.4 is 5.73 Å². The SMILES string of the molecule is Cc1cc(SCC2CCCCO2)ccc1N. The predicted octanol–water partition coefficient (Wildman–Crippen LogP) is 3.24. The number of nitrogen functional groups attached to an aromatic ring is 1. The Labute approximate surface area is 102 Å². The van der Waals surface area contributed by atoms with E-state index in [1.807, 2.05) is 17.8 Å². The maximum atomic E-state index is 5.79. The number of thioether (sulfide) groups is 1. The van der Waals surface area contributed by atoms with Crippen LogP contribution in [0.1, 0.15) is 24.8 Å². The Morgan fingerprint density at radius 1 is 1.44 bits per heavy atom. The van der Waals surface area contributed by atoms with Crippen LogP contribution >= 0.6 is 11.8 Å². The molecule has 1 heterocycles. The summed E-state index contributed by atoms with van der Waals surface area (Å²) in [7, 11) is 0. The zero-order valence-electron chi connectivity index (χ0n) is 9.74. The number of hydrogen-bond acceptors (Lipinski definition) is 3. The molecule has 1 aliphatic heterocycles. The fraction of sp³-hybridized carbons (Fsp3) is 0.538. The Kier molecular flexibility index (Phi) is 4.13. The zero-order chi connectivity index (χ0) is 11.4. The van der Waals surface area contributed by atoms with Gasteiger partial charge < -0.3 is 10.5 Å². The summed E-state index contributed by atoms with van der Waals surface area (Å²) in [5.41, 5.74) is 7.83. The van der Waals surface area contributed by atoms with E-state index in [1.54, 1.807) is 0 Å². The van der Waals surface area contributed by atoms with E-state index in [9.17, 15) is 0 Å². The number of rotatable bonds is 3. The summed E-state index contributed by atoms with van der Waals surface area (Å²) in [5.74, 6) is 1.06. The third-order valence-corrected chi connectivity index (χ3v) is 4.08. The molecule has 3 heteroatoms. The van der Waals surface area contributed by atoms with Gasteiger partial charge in [-0.1, -0.05) is 0 Å². The highest BCUT2D eigenvalue weighted by atomic mass is 32.2. The summed E-state index contributed by atoms with van der Waals surface area (Å²) in [6.45, 7) is 2.99. The van der Waals surface area contributed by atoms with Gasteiger partial charge in [-0.2, -0.15) is 0 Å². The van der Waals surface area contributed by atoms with Gasteiger partial charge in [-0.3, -0.25) is 0 Å². The molecule has 1 aliphatic rings. The van der Waals surface area contributed by atoms with E-state index in [2.05, 4.69) is 19.1 Å². The molecule has 0 bridgehead atoms. The van der Waals surface area contributed by atoms with Gasteiger partial charge in [0.2, 0.25) is 0 Å². The van der Waals surface area contributed by atoms with E-state index in [-0.39, 0.29) is 0 Å². The van der Waals surface area contributed by atoms with Gasteiger partial charge in [-0.25, -0.2) is 0 Å². The second kappa shape index (κ2) is 5.60. The van der Waals surface area contributed by atoms with E-state index in [1.165, 1.54) is 24.2 Å². The molecular weight excluding hydrogens is 218 g/mol. The first-order valence-corrected chi connectivity index (χ1v) is 6.85. The number of benzene rings is 1.